The maximum absolute atomic E-state index is 12.6. The monoisotopic (exact) mass is 433 g/mol. The van der Waals surface area contributed by atoms with E-state index in [1.165, 1.54) is 11.8 Å². The van der Waals surface area contributed by atoms with Gasteiger partial charge in [-0.05, 0) is 41.0 Å². The van der Waals surface area contributed by atoms with Gasteiger partial charge in [0.05, 0.1) is 10.0 Å². The zero-order valence-corrected chi connectivity index (χ0v) is 18.0. The average molecular weight is 434 g/mol. The first-order valence-electron chi connectivity index (χ1n) is 8.82. The predicted octanol–water partition coefficient (Wildman–Crippen LogP) is 3.46. The lowest BCUT2D eigenvalue weighted by atomic mass is 9.77. The lowest BCUT2D eigenvalue weighted by Gasteiger charge is -2.43. The number of aryl methyl sites for hydroxylation is 1. The number of halogens is 2. The number of rotatable bonds is 3. The molecule has 1 aromatic rings. The number of nitrogens with zero attached hydrogens (tertiary/aromatic N) is 1. The van der Waals surface area contributed by atoms with Gasteiger partial charge in [-0.1, -0.05) is 23.2 Å². The van der Waals surface area contributed by atoms with Crippen LogP contribution in [0.4, 0.5) is 4.79 Å². The molecular formula is C18H25Cl2N3O5. The van der Waals surface area contributed by atoms with Gasteiger partial charge in [0.2, 0.25) is 0 Å². The number of aromatic nitrogens is 1. The molecule has 0 bridgehead atoms. The summed E-state index contributed by atoms with van der Waals surface area (Å²) in [5.41, 5.74) is -1.48. The Balaban J connectivity index is 2.19. The van der Waals surface area contributed by atoms with Crippen molar-refractivity contribution < 1.29 is 24.2 Å². The Labute approximate surface area is 173 Å². The second-order valence-corrected chi connectivity index (χ2v) is 8.95. The Morgan fingerprint density at radius 1 is 1.29 bits per heavy atom. The second kappa shape index (κ2) is 7.83. The molecule has 2 atom stereocenters. The molecule has 1 aliphatic heterocycles. The van der Waals surface area contributed by atoms with Crippen LogP contribution in [0.5, 0.6) is 0 Å². The van der Waals surface area contributed by atoms with E-state index in [9.17, 15) is 19.5 Å². The highest BCUT2D eigenvalue weighted by molar-refractivity contribution is 6.44. The summed E-state index contributed by atoms with van der Waals surface area (Å²) in [5, 5.41) is 12.9. The molecule has 1 aromatic heterocycles. The lowest BCUT2D eigenvalue weighted by Crippen LogP contribution is -2.61. The molecule has 2 rings (SSSR count). The van der Waals surface area contributed by atoms with Crippen LogP contribution in [-0.2, 0) is 9.53 Å². The predicted molar refractivity (Wildman–Crippen MR) is 105 cm³/mol. The van der Waals surface area contributed by atoms with Gasteiger partial charge < -0.3 is 25.0 Å². The van der Waals surface area contributed by atoms with Crippen molar-refractivity contribution in [1.82, 2.24) is 15.2 Å². The molecule has 0 spiro atoms. The Morgan fingerprint density at radius 3 is 2.36 bits per heavy atom. The van der Waals surface area contributed by atoms with E-state index in [1.807, 2.05) is 0 Å². The van der Waals surface area contributed by atoms with E-state index < -0.39 is 35.0 Å². The minimum absolute atomic E-state index is 0.0754. The summed E-state index contributed by atoms with van der Waals surface area (Å²) in [6.07, 6.45) is -0.335. The summed E-state index contributed by atoms with van der Waals surface area (Å²) >= 11 is 12.1. The third-order valence-corrected chi connectivity index (χ3v) is 5.65. The van der Waals surface area contributed by atoms with Crippen LogP contribution in [0.25, 0.3) is 0 Å². The number of hydrogen-bond acceptors (Lipinski definition) is 4. The van der Waals surface area contributed by atoms with Crippen LogP contribution in [0.15, 0.2) is 0 Å². The fourth-order valence-electron chi connectivity index (χ4n) is 3.08. The molecule has 0 aromatic carbocycles. The summed E-state index contributed by atoms with van der Waals surface area (Å²) < 4.78 is 5.34. The zero-order chi connectivity index (χ0) is 21.4. The molecular weight excluding hydrogens is 409 g/mol. The number of carboxylic acid groups (broad SMARTS) is 1. The molecule has 10 heteroatoms. The smallest absolute Gasteiger partial charge is 0.410 e. The quantitative estimate of drug-likeness (QED) is 0.675. The van der Waals surface area contributed by atoms with Crippen LogP contribution < -0.4 is 5.32 Å². The van der Waals surface area contributed by atoms with Gasteiger partial charge in [-0.15, -0.1) is 0 Å². The van der Waals surface area contributed by atoms with Gasteiger partial charge >= 0.3 is 12.1 Å². The molecule has 3 N–H and O–H groups in total. The fraction of sp³-hybridized carbons (Fsp3) is 0.611. The Bertz CT molecular complexity index is 802. The largest absolute Gasteiger partial charge is 0.481 e. The molecule has 8 nitrogen and oxygen atoms in total. The Kier molecular flexibility index (Phi) is 6.25. The molecule has 0 saturated carbocycles. The van der Waals surface area contributed by atoms with E-state index in [2.05, 4.69) is 10.3 Å². The van der Waals surface area contributed by atoms with Gasteiger partial charge in [-0.2, -0.15) is 0 Å². The lowest BCUT2D eigenvalue weighted by molar-refractivity contribution is -0.152. The molecule has 1 saturated heterocycles. The SMILES string of the molecule is Cc1[nH]c(C(=O)N[C@@H]2CCN(C(=O)OC(C)(C)C)C[C@]2(C)C(=O)O)c(Cl)c1Cl. The number of aliphatic carboxylic acids is 1. The Morgan fingerprint density at radius 2 is 1.89 bits per heavy atom. The topological polar surface area (TPSA) is 112 Å². The van der Waals surface area contributed by atoms with Gasteiger partial charge in [0, 0.05) is 24.8 Å². The van der Waals surface area contributed by atoms with Crippen molar-refractivity contribution in [1.29, 1.82) is 0 Å². The minimum Gasteiger partial charge on any atom is -0.481 e. The summed E-state index contributed by atoms with van der Waals surface area (Å²) in [7, 11) is 0. The van der Waals surface area contributed by atoms with E-state index in [1.54, 1.807) is 27.7 Å². The standard InChI is InChI=1S/C18H25Cl2N3O5/c1-9-11(19)12(20)13(21-9)14(24)22-10-6-7-23(8-18(10,5)15(25)26)16(27)28-17(2,3)4/h10,21H,6-8H2,1-5H3,(H,22,24)(H,25,26)/t10-,18+/m1/s1. The van der Waals surface area contributed by atoms with Crippen molar-refractivity contribution in [2.75, 3.05) is 13.1 Å². The van der Waals surface area contributed by atoms with Gasteiger partial charge in [-0.25, -0.2) is 4.79 Å². The molecule has 28 heavy (non-hydrogen) atoms. The van der Waals surface area contributed by atoms with Crippen molar-refractivity contribution >= 4 is 41.2 Å². The highest BCUT2D eigenvalue weighted by Gasteiger charge is 2.48. The number of H-pyrrole nitrogens is 1. The van der Waals surface area contributed by atoms with Crippen molar-refractivity contribution in [2.24, 2.45) is 5.41 Å². The first-order chi connectivity index (χ1) is 12.8. The highest BCUT2D eigenvalue weighted by atomic mass is 35.5. The average Bonchev–Trinajstić information content (AvgIpc) is 2.82. The van der Waals surface area contributed by atoms with Crippen molar-refractivity contribution in [3.63, 3.8) is 0 Å². The van der Waals surface area contributed by atoms with Crippen LogP contribution in [0, 0.1) is 12.3 Å². The molecule has 0 radical (unpaired) electrons. The molecule has 1 fully saturated rings. The first-order valence-corrected chi connectivity index (χ1v) is 9.57. The number of carboxylic acids is 1. The van der Waals surface area contributed by atoms with Crippen LogP contribution >= 0.6 is 23.2 Å². The molecule has 156 valence electrons. The molecule has 2 amide bonds. The van der Waals surface area contributed by atoms with Crippen LogP contribution in [0.1, 0.15) is 50.3 Å². The van der Waals surface area contributed by atoms with Gasteiger partial charge in [-0.3, -0.25) is 9.59 Å². The number of carbonyl (C=O) groups excluding carboxylic acids is 2. The Hall–Kier alpha value is -1.93. The number of amides is 2. The van der Waals surface area contributed by atoms with Crippen molar-refractivity contribution in [3.05, 3.63) is 21.4 Å². The van der Waals surface area contributed by atoms with E-state index in [0.717, 1.165) is 0 Å². The van der Waals surface area contributed by atoms with Gasteiger partial charge in [0.1, 0.15) is 16.7 Å². The summed E-state index contributed by atoms with van der Waals surface area (Å²) in [6, 6.07) is -0.713. The van der Waals surface area contributed by atoms with Crippen molar-refractivity contribution in [2.45, 2.75) is 52.7 Å². The molecule has 2 heterocycles. The number of ether oxygens (including phenoxy) is 1. The fourth-order valence-corrected chi connectivity index (χ4v) is 3.49. The maximum Gasteiger partial charge on any atom is 0.410 e. The number of aromatic amines is 1. The van der Waals surface area contributed by atoms with Crippen molar-refractivity contribution in [3.8, 4) is 0 Å². The molecule has 1 aliphatic rings. The summed E-state index contributed by atoms with van der Waals surface area (Å²) in [4.78, 5) is 41.1. The van der Waals surface area contributed by atoms with Crippen LogP contribution in [-0.4, -0.2) is 57.7 Å². The zero-order valence-electron chi connectivity index (χ0n) is 16.5. The normalized spacial score (nSPS) is 22.7. The third kappa shape index (κ3) is 4.55. The molecule has 0 aliphatic carbocycles. The van der Waals surface area contributed by atoms with Crippen LogP contribution in [0.3, 0.4) is 0 Å². The first kappa shape index (κ1) is 22.4. The second-order valence-electron chi connectivity index (χ2n) is 8.19. The number of nitrogens with one attached hydrogen (secondary N) is 2. The number of carbonyl (C=O) groups is 3. The van der Waals surface area contributed by atoms with E-state index in [0.29, 0.717) is 5.69 Å². The third-order valence-electron chi connectivity index (χ3n) is 4.70. The summed E-state index contributed by atoms with van der Waals surface area (Å²) in [5.74, 6) is -1.68. The molecule has 0 unspecified atom stereocenters. The van der Waals surface area contributed by atoms with Gasteiger partial charge in [0.25, 0.3) is 5.91 Å². The summed E-state index contributed by atoms with van der Waals surface area (Å²) in [6.45, 7) is 8.53. The minimum atomic E-state index is -1.40. The van der Waals surface area contributed by atoms with E-state index >= 15 is 0 Å². The number of likely N-dealkylation sites (tertiary alicyclic amines) is 1. The maximum atomic E-state index is 12.6. The van der Waals surface area contributed by atoms with E-state index in [-0.39, 0.29) is 35.2 Å². The number of hydrogen-bond donors (Lipinski definition) is 3. The number of piperidine rings is 1. The highest BCUT2D eigenvalue weighted by Crippen LogP contribution is 2.33. The van der Waals surface area contributed by atoms with Crippen LogP contribution in [0.2, 0.25) is 10.0 Å². The van der Waals surface area contributed by atoms with E-state index in [4.69, 9.17) is 27.9 Å². The van der Waals surface area contributed by atoms with Gasteiger partial charge in [0.15, 0.2) is 0 Å².